The zero-order valence-corrected chi connectivity index (χ0v) is 13.1. The number of nitrogens with zero attached hydrogens (tertiary/aromatic N) is 2. The first-order chi connectivity index (χ1) is 10.3. The standard InChI is InChI=1S/C14H21N5O3/c1-14(2,3)11(13(22)15-4)19-10(20)8-18-12(21)9-7-16-5-6-17-9/h5-7,11H,8H2,1-4H3,(H,15,22)(H,18,21)(H,19,20)/t11-/m1/s1. The van der Waals surface area contributed by atoms with Gasteiger partial charge in [-0.05, 0) is 5.41 Å². The van der Waals surface area contributed by atoms with Gasteiger partial charge >= 0.3 is 0 Å². The Hall–Kier alpha value is -2.51. The van der Waals surface area contributed by atoms with Crippen LogP contribution in [0.5, 0.6) is 0 Å². The van der Waals surface area contributed by atoms with Gasteiger partial charge in [-0.25, -0.2) is 4.98 Å². The fraction of sp³-hybridized carbons (Fsp3) is 0.500. The predicted octanol–water partition coefficient (Wildman–Crippen LogP) is -0.517. The van der Waals surface area contributed by atoms with E-state index < -0.39 is 23.3 Å². The molecule has 0 radical (unpaired) electrons. The Labute approximate surface area is 129 Å². The smallest absolute Gasteiger partial charge is 0.271 e. The molecule has 120 valence electrons. The van der Waals surface area contributed by atoms with Crippen LogP contribution in [0.25, 0.3) is 0 Å². The van der Waals surface area contributed by atoms with Crippen molar-refractivity contribution < 1.29 is 14.4 Å². The van der Waals surface area contributed by atoms with Crippen molar-refractivity contribution >= 4 is 17.7 Å². The van der Waals surface area contributed by atoms with Crippen molar-refractivity contribution in [2.45, 2.75) is 26.8 Å². The van der Waals surface area contributed by atoms with Gasteiger partial charge in [0.25, 0.3) is 5.91 Å². The highest BCUT2D eigenvalue weighted by Gasteiger charge is 2.32. The van der Waals surface area contributed by atoms with E-state index in [1.807, 2.05) is 20.8 Å². The molecule has 22 heavy (non-hydrogen) atoms. The molecule has 0 saturated carbocycles. The molecule has 8 nitrogen and oxygen atoms in total. The molecule has 1 rings (SSSR count). The molecule has 1 aromatic rings. The molecule has 0 fully saturated rings. The van der Waals surface area contributed by atoms with Crippen LogP contribution in [0.1, 0.15) is 31.3 Å². The lowest BCUT2D eigenvalue weighted by Crippen LogP contribution is -2.54. The van der Waals surface area contributed by atoms with E-state index in [9.17, 15) is 14.4 Å². The third kappa shape index (κ3) is 5.12. The summed E-state index contributed by atoms with van der Waals surface area (Å²) in [6.07, 6.45) is 4.13. The summed E-state index contributed by atoms with van der Waals surface area (Å²) in [7, 11) is 1.50. The molecular weight excluding hydrogens is 286 g/mol. The Balaban J connectivity index is 2.58. The van der Waals surface area contributed by atoms with Gasteiger partial charge in [-0.2, -0.15) is 0 Å². The summed E-state index contributed by atoms with van der Waals surface area (Å²) >= 11 is 0. The van der Waals surface area contributed by atoms with E-state index in [-0.39, 0.29) is 18.1 Å². The number of carbonyl (C=O) groups excluding carboxylic acids is 3. The first-order valence-corrected chi connectivity index (χ1v) is 6.81. The zero-order valence-electron chi connectivity index (χ0n) is 13.1. The second kappa shape index (κ2) is 7.48. The van der Waals surface area contributed by atoms with Crippen molar-refractivity contribution in [2.24, 2.45) is 5.41 Å². The van der Waals surface area contributed by atoms with Gasteiger partial charge in [0.1, 0.15) is 11.7 Å². The minimum absolute atomic E-state index is 0.119. The topological polar surface area (TPSA) is 113 Å². The number of hydrogen-bond acceptors (Lipinski definition) is 5. The maximum Gasteiger partial charge on any atom is 0.271 e. The highest BCUT2D eigenvalue weighted by Crippen LogP contribution is 2.19. The van der Waals surface area contributed by atoms with Crippen LogP contribution in [0, 0.1) is 5.41 Å². The number of likely N-dealkylation sites (N-methyl/N-ethyl adjacent to an activating group) is 1. The molecule has 0 saturated heterocycles. The average Bonchev–Trinajstić information content (AvgIpc) is 2.49. The summed E-state index contributed by atoms with van der Waals surface area (Å²) in [6.45, 7) is 5.26. The molecular formula is C14H21N5O3. The summed E-state index contributed by atoms with van der Waals surface area (Å²) < 4.78 is 0. The Bertz CT molecular complexity index is 539. The predicted molar refractivity (Wildman–Crippen MR) is 79.8 cm³/mol. The third-order valence-electron chi connectivity index (χ3n) is 2.89. The lowest BCUT2D eigenvalue weighted by molar-refractivity contribution is -0.130. The maximum atomic E-state index is 11.9. The molecule has 0 aliphatic carbocycles. The Morgan fingerprint density at radius 2 is 1.91 bits per heavy atom. The quantitative estimate of drug-likeness (QED) is 0.677. The summed E-state index contributed by atoms with van der Waals surface area (Å²) in [4.78, 5) is 43.1. The third-order valence-corrected chi connectivity index (χ3v) is 2.89. The second-order valence-electron chi connectivity index (χ2n) is 5.75. The second-order valence-corrected chi connectivity index (χ2v) is 5.75. The molecule has 0 bridgehead atoms. The Kier molecular flexibility index (Phi) is 5.97. The van der Waals surface area contributed by atoms with E-state index in [1.54, 1.807) is 0 Å². The van der Waals surface area contributed by atoms with Gasteiger partial charge in [0.2, 0.25) is 11.8 Å². The molecule has 1 heterocycles. The molecule has 3 N–H and O–H groups in total. The summed E-state index contributed by atoms with van der Waals surface area (Å²) in [5.74, 6) is -1.25. The van der Waals surface area contributed by atoms with Gasteiger partial charge in [0.15, 0.2) is 0 Å². The lowest BCUT2D eigenvalue weighted by Gasteiger charge is -2.29. The number of hydrogen-bond donors (Lipinski definition) is 3. The highest BCUT2D eigenvalue weighted by atomic mass is 16.2. The van der Waals surface area contributed by atoms with Gasteiger partial charge in [-0.1, -0.05) is 20.8 Å². The van der Waals surface area contributed by atoms with Crippen molar-refractivity contribution in [3.05, 3.63) is 24.3 Å². The van der Waals surface area contributed by atoms with Gasteiger partial charge < -0.3 is 16.0 Å². The van der Waals surface area contributed by atoms with Crippen LogP contribution in [0.15, 0.2) is 18.6 Å². The molecule has 0 aliphatic heterocycles. The number of amides is 3. The number of aromatic nitrogens is 2. The minimum Gasteiger partial charge on any atom is -0.357 e. The van der Waals surface area contributed by atoms with Gasteiger partial charge in [-0.3, -0.25) is 19.4 Å². The fourth-order valence-corrected chi connectivity index (χ4v) is 1.70. The molecule has 1 aromatic heterocycles. The average molecular weight is 307 g/mol. The van der Waals surface area contributed by atoms with E-state index >= 15 is 0 Å². The van der Waals surface area contributed by atoms with Crippen molar-refractivity contribution in [1.82, 2.24) is 25.9 Å². The molecule has 0 aromatic carbocycles. The first kappa shape index (κ1) is 17.5. The molecule has 0 aliphatic rings. The van der Waals surface area contributed by atoms with Crippen LogP contribution in [-0.2, 0) is 9.59 Å². The number of rotatable bonds is 5. The van der Waals surface area contributed by atoms with Gasteiger partial charge in [-0.15, -0.1) is 0 Å². The Morgan fingerprint density at radius 3 is 2.41 bits per heavy atom. The largest absolute Gasteiger partial charge is 0.357 e. The first-order valence-electron chi connectivity index (χ1n) is 6.81. The van der Waals surface area contributed by atoms with Crippen molar-refractivity contribution in [2.75, 3.05) is 13.6 Å². The zero-order chi connectivity index (χ0) is 16.8. The SMILES string of the molecule is CNC(=O)[C@@H](NC(=O)CNC(=O)c1cnccn1)C(C)(C)C. The molecule has 0 spiro atoms. The summed E-state index contributed by atoms with van der Waals surface area (Å²) in [5.41, 5.74) is -0.334. The normalized spacial score (nSPS) is 12.2. The van der Waals surface area contributed by atoms with Crippen molar-refractivity contribution in [1.29, 1.82) is 0 Å². The van der Waals surface area contributed by atoms with Crippen LogP contribution < -0.4 is 16.0 Å². The number of nitrogens with one attached hydrogen (secondary N) is 3. The molecule has 0 unspecified atom stereocenters. The van der Waals surface area contributed by atoms with Crippen LogP contribution in [-0.4, -0.2) is 47.3 Å². The van der Waals surface area contributed by atoms with Crippen LogP contribution in [0.3, 0.4) is 0 Å². The number of carbonyl (C=O) groups is 3. The van der Waals surface area contributed by atoms with E-state index in [0.29, 0.717) is 0 Å². The van der Waals surface area contributed by atoms with Gasteiger partial charge in [0, 0.05) is 19.4 Å². The summed E-state index contributed by atoms with van der Waals surface area (Å²) in [6, 6.07) is -0.696. The van der Waals surface area contributed by atoms with Crippen molar-refractivity contribution in [3.8, 4) is 0 Å². The van der Waals surface area contributed by atoms with Crippen LogP contribution >= 0.6 is 0 Å². The van der Waals surface area contributed by atoms with E-state index in [1.165, 1.54) is 25.6 Å². The molecule has 8 heteroatoms. The van der Waals surface area contributed by atoms with E-state index in [4.69, 9.17) is 0 Å². The van der Waals surface area contributed by atoms with E-state index in [2.05, 4.69) is 25.9 Å². The maximum absolute atomic E-state index is 11.9. The summed E-state index contributed by atoms with van der Waals surface area (Å²) in [5, 5.41) is 7.55. The van der Waals surface area contributed by atoms with Gasteiger partial charge in [0.05, 0.1) is 12.7 Å². The Morgan fingerprint density at radius 1 is 1.23 bits per heavy atom. The molecule has 1 atom stereocenters. The highest BCUT2D eigenvalue weighted by molar-refractivity contribution is 5.95. The van der Waals surface area contributed by atoms with Crippen molar-refractivity contribution in [3.63, 3.8) is 0 Å². The monoisotopic (exact) mass is 307 g/mol. The molecule has 3 amide bonds. The van der Waals surface area contributed by atoms with Crippen LogP contribution in [0.4, 0.5) is 0 Å². The fourth-order valence-electron chi connectivity index (χ4n) is 1.70. The lowest BCUT2D eigenvalue weighted by atomic mass is 9.86. The minimum atomic E-state index is -0.696. The van der Waals surface area contributed by atoms with E-state index in [0.717, 1.165) is 0 Å². The van der Waals surface area contributed by atoms with Crippen LogP contribution in [0.2, 0.25) is 0 Å².